The predicted octanol–water partition coefficient (Wildman–Crippen LogP) is 0.688. The number of hydrogen-bond donors (Lipinski definition) is 3. The van der Waals surface area contributed by atoms with Crippen molar-refractivity contribution < 1.29 is 4.79 Å². The number of nitrogens with zero attached hydrogens (tertiary/aromatic N) is 1. The number of nitrogens with one attached hydrogen (secondary N) is 2. The molecule has 0 aliphatic heterocycles. The topological polar surface area (TPSA) is 90.9 Å². The first-order valence-electron chi connectivity index (χ1n) is 4.92. The summed E-state index contributed by atoms with van der Waals surface area (Å²) in [6.45, 7) is 2.55. The lowest BCUT2D eigenvalue weighted by Crippen LogP contribution is -2.26. The van der Waals surface area contributed by atoms with Crippen molar-refractivity contribution in [3.05, 3.63) is 23.8 Å². The average molecular weight is 218 g/mol. The Morgan fingerprint density at radius 2 is 2.25 bits per heavy atom. The Kier molecular flexibility index (Phi) is 4.16. The summed E-state index contributed by atoms with van der Waals surface area (Å²) in [5, 5.41) is 14.5. The lowest BCUT2D eigenvalue weighted by molar-refractivity contribution is -0.118. The molecule has 0 unspecified atom stereocenters. The molecule has 0 heterocycles. The molecule has 5 heteroatoms. The molecule has 0 fully saturated rings. The van der Waals surface area contributed by atoms with Gasteiger partial charge in [-0.15, -0.1) is 0 Å². The van der Waals surface area contributed by atoms with E-state index >= 15 is 0 Å². The molecule has 0 aliphatic carbocycles. The van der Waals surface area contributed by atoms with Crippen LogP contribution in [-0.4, -0.2) is 19.0 Å². The highest BCUT2D eigenvalue weighted by molar-refractivity contribution is 5.74. The summed E-state index contributed by atoms with van der Waals surface area (Å²) >= 11 is 0. The molecule has 0 saturated heterocycles. The van der Waals surface area contributed by atoms with Gasteiger partial charge in [0.1, 0.15) is 6.07 Å². The van der Waals surface area contributed by atoms with E-state index in [2.05, 4.69) is 10.6 Å². The largest absolute Gasteiger partial charge is 0.396 e. The molecule has 0 spiro atoms. The molecule has 0 radical (unpaired) electrons. The number of nitrogen functional groups attached to an aromatic ring is 1. The molecular formula is C11H14N4O. The molecule has 4 N–H and O–H groups in total. The summed E-state index contributed by atoms with van der Waals surface area (Å²) in [7, 11) is 0. The van der Waals surface area contributed by atoms with E-state index in [-0.39, 0.29) is 5.91 Å². The molecule has 16 heavy (non-hydrogen) atoms. The number of carbonyl (C=O) groups excluding carboxylic acids is 1. The van der Waals surface area contributed by atoms with Crippen molar-refractivity contribution in [1.82, 2.24) is 5.32 Å². The normalized spacial score (nSPS) is 9.25. The van der Waals surface area contributed by atoms with Crippen molar-refractivity contribution in [2.75, 3.05) is 24.1 Å². The van der Waals surface area contributed by atoms with Crippen LogP contribution in [0, 0.1) is 11.3 Å². The maximum atomic E-state index is 10.6. The Balaban J connectivity index is 2.55. The molecule has 5 nitrogen and oxygen atoms in total. The quantitative estimate of drug-likeness (QED) is 0.512. The van der Waals surface area contributed by atoms with Gasteiger partial charge in [-0.1, -0.05) is 6.07 Å². The maximum Gasteiger partial charge on any atom is 0.216 e. The van der Waals surface area contributed by atoms with Gasteiger partial charge in [-0.2, -0.15) is 5.26 Å². The zero-order valence-corrected chi connectivity index (χ0v) is 9.08. The number of benzene rings is 1. The van der Waals surface area contributed by atoms with Crippen LogP contribution in [0.2, 0.25) is 0 Å². The van der Waals surface area contributed by atoms with Gasteiger partial charge in [0.2, 0.25) is 5.91 Å². The van der Waals surface area contributed by atoms with E-state index in [1.165, 1.54) is 6.92 Å². The van der Waals surface area contributed by atoms with Crippen LogP contribution in [0.15, 0.2) is 18.2 Å². The van der Waals surface area contributed by atoms with E-state index in [1.54, 1.807) is 18.2 Å². The van der Waals surface area contributed by atoms with Crippen LogP contribution >= 0.6 is 0 Å². The first-order valence-corrected chi connectivity index (χ1v) is 4.92. The number of anilines is 2. The maximum absolute atomic E-state index is 10.6. The molecule has 84 valence electrons. The number of nitriles is 1. The summed E-state index contributed by atoms with van der Waals surface area (Å²) in [6, 6.07) is 7.23. The SMILES string of the molecule is CC(=O)NCCNc1cccc(C#N)c1N. The fourth-order valence-corrected chi connectivity index (χ4v) is 1.25. The lowest BCUT2D eigenvalue weighted by atomic mass is 10.1. The Hall–Kier alpha value is -2.22. The molecule has 1 rings (SSSR count). The number of hydrogen-bond acceptors (Lipinski definition) is 4. The second-order valence-electron chi connectivity index (χ2n) is 3.29. The van der Waals surface area contributed by atoms with Crippen LogP contribution < -0.4 is 16.4 Å². The highest BCUT2D eigenvalue weighted by atomic mass is 16.1. The predicted molar refractivity (Wildman–Crippen MR) is 62.7 cm³/mol. The van der Waals surface area contributed by atoms with E-state index in [0.717, 1.165) is 0 Å². The highest BCUT2D eigenvalue weighted by Crippen LogP contribution is 2.21. The Labute approximate surface area is 94.2 Å². The summed E-state index contributed by atoms with van der Waals surface area (Å²) in [6.07, 6.45) is 0. The third-order valence-electron chi connectivity index (χ3n) is 2.04. The lowest BCUT2D eigenvalue weighted by Gasteiger charge is -2.10. The molecule has 0 aliphatic rings. The summed E-state index contributed by atoms with van der Waals surface area (Å²) < 4.78 is 0. The number of amides is 1. The van der Waals surface area contributed by atoms with Crippen LogP contribution in [0.25, 0.3) is 0 Å². The fourth-order valence-electron chi connectivity index (χ4n) is 1.25. The van der Waals surface area contributed by atoms with Gasteiger partial charge >= 0.3 is 0 Å². The van der Waals surface area contributed by atoms with Crippen molar-refractivity contribution in [2.24, 2.45) is 0 Å². The Morgan fingerprint density at radius 3 is 2.88 bits per heavy atom. The third-order valence-corrected chi connectivity index (χ3v) is 2.04. The van der Waals surface area contributed by atoms with Gasteiger partial charge in [-0.3, -0.25) is 4.79 Å². The minimum absolute atomic E-state index is 0.0689. The fraction of sp³-hybridized carbons (Fsp3) is 0.273. The van der Waals surface area contributed by atoms with E-state index in [1.807, 2.05) is 6.07 Å². The van der Waals surface area contributed by atoms with Crippen molar-refractivity contribution in [3.8, 4) is 6.07 Å². The third kappa shape index (κ3) is 3.17. The van der Waals surface area contributed by atoms with Crippen LogP contribution in [0.1, 0.15) is 12.5 Å². The van der Waals surface area contributed by atoms with Gasteiger partial charge in [0.25, 0.3) is 0 Å². The minimum Gasteiger partial charge on any atom is -0.396 e. The van der Waals surface area contributed by atoms with Gasteiger partial charge in [0.05, 0.1) is 16.9 Å². The molecule has 1 amide bonds. The molecule has 0 saturated carbocycles. The monoisotopic (exact) mass is 218 g/mol. The first kappa shape index (κ1) is 11.9. The van der Waals surface area contributed by atoms with Crippen LogP contribution in [0.5, 0.6) is 0 Å². The van der Waals surface area contributed by atoms with Crippen LogP contribution in [0.3, 0.4) is 0 Å². The number of carbonyl (C=O) groups is 1. The molecule has 1 aromatic rings. The van der Waals surface area contributed by atoms with E-state index in [0.29, 0.717) is 30.0 Å². The zero-order valence-electron chi connectivity index (χ0n) is 9.08. The molecule has 0 bridgehead atoms. The van der Waals surface area contributed by atoms with E-state index < -0.39 is 0 Å². The second kappa shape index (κ2) is 5.61. The Morgan fingerprint density at radius 1 is 1.50 bits per heavy atom. The number of rotatable bonds is 4. The average Bonchev–Trinajstić information content (AvgIpc) is 2.26. The summed E-state index contributed by atoms with van der Waals surface area (Å²) in [5.74, 6) is -0.0689. The number of para-hydroxylation sites is 1. The van der Waals surface area contributed by atoms with E-state index in [9.17, 15) is 4.79 Å². The summed E-state index contributed by atoms with van der Waals surface area (Å²) in [4.78, 5) is 10.6. The molecule has 0 atom stereocenters. The van der Waals surface area contributed by atoms with Crippen molar-refractivity contribution in [2.45, 2.75) is 6.92 Å². The van der Waals surface area contributed by atoms with Gasteiger partial charge in [0, 0.05) is 20.0 Å². The first-order chi connectivity index (χ1) is 7.65. The highest BCUT2D eigenvalue weighted by Gasteiger charge is 2.02. The smallest absolute Gasteiger partial charge is 0.216 e. The van der Waals surface area contributed by atoms with Gasteiger partial charge in [-0.25, -0.2) is 0 Å². The number of nitrogens with two attached hydrogens (primary N) is 1. The second-order valence-corrected chi connectivity index (χ2v) is 3.29. The Bertz CT molecular complexity index is 422. The minimum atomic E-state index is -0.0689. The van der Waals surface area contributed by atoms with Gasteiger partial charge < -0.3 is 16.4 Å². The summed E-state index contributed by atoms with van der Waals surface area (Å²) in [5.41, 5.74) is 7.36. The van der Waals surface area contributed by atoms with E-state index in [4.69, 9.17) is 11.0 Å². The van der Waals surface area contributed by atoms with Gasteiger partial charge in [-0.05, 0) is 12.1 Å². The van der Waals surface area contributed by atoms with Crippen LogP contribution in [0.4, 0.5) is 11.4 Å². The van der Waals surface area contributed by atoms with Crippen molar-refractivity contribution in [3.63, 3.8) is 0 Å². The molecule has 1 aromatic carbocycles. The van der Waals surface area contributed by atoms with Crippen molar-refractivity contribution >= 4 is 17.3 Å². The van der Waals surface area contributed by atoms with Crippen LogP contribution in [-0.2, 0) is 4.79 Å². The van der Waals surface area contributed by atoms with Gasteiger partial charge in [0.15, 0.2) is 0 Å². The van der Waals surface area contributed by atoms with Crippen molar-refractivity contribution in [1.29, 1.82) is 5.26 Å². The zero-order chi connectivity index (χ0) is 12.0. The standard InChI is InChI=1S/C11H14N4O/c1-8(16)14-5-6-15-10-4-2-3-9(7-12)11(10)13/h2-4,15H,5-6,13H2,1H3,(H,14,16). The molecule has 0 aromatic heterocycles. The molecular weight excluding hydrogens is 204 g/mol.